The molecule has 1 aliphatic heterocycles. The van der Waals surface area contributed by atoms with Gasteiger partial charge in [-0.25, -0.2) is 0 Å². The average Bonchev–Trinajstić information content (AvgIpc) is 2.55. The first-order chi connectivity index (χ1) is 8.25. The van der Waals surface area contributed by atoms with E-state index in [1.165, 1.54) is 51.4 Å². The molecule has 0 radical (unpaired) electrons. The summed E-state index contributed by atoms with van der Waals surface area (Å²) >= 11 is 5.57. The molecule has 0 spiro atoms. The number of nitrogens with zero attached hydrogens (tertiary/aromatic N) is 1. The van der Waals surface area contributed by atoms with Gasteiger partial charge in [0, 0.05) is 19.1 Å². The van der Waals surface area contributed by atoms with E-state index in [4.69, 9.17) is 12.2 Å². The molecule has 3 heteroatoms. The third-order valence-electron chi connectivity index (χ3n) is 4.24. The molecule has 0 aromatic heterocycles. The standard InChI is InChI=1S/C14H26N2S/c1-12-6-5-10-16(11-9-12)14(17)15-13-7-3-2-4-8-13/h12-13H,2-11H2,1H3,(H,15,17). The molecule has 1 heterocycles. The molecular weight excluding hydrogens is 228 g/mol. The van der Waals surface area contributed by atoms with Gasteiger partial charge in [0.05, 0.1) is 0 Å². The maximum absolute atomic E-state index is 5.57. The van der Waals surface area contributed by atoms with Gasteiger partial charge < -0.3 is 10.2 Å². The Balaban J connectivity index is 1.77. The van der Waals surface area contributed by atoms with Crippen molar-refractivity contribution < 1.29 is 0 Å². The van der Waals surface area contributed by atoms with Gasteiger partial charge >= 0.3 is 0 Å². The van der Waals surface area contributed by atoms with Gasteiger partial charge in [-0.1, -0.05) is 26.2 Å². The van der Waals surface area contributed by atoms with Gasteiger partial charge in [0.2, 0.25) is 0 Å². The van der Waals surface area contributed by atoms with Crippen molar-refractivity contribution in [3.05, 3.63) is 0 Å². The molecule has 1 atom stereocenters. The van der Waals surface area contributed by atoms with Crippen molar-refractivity contribution in [1.82, 2.24) is 10.2 Å². The van der Waals surface area contributed by atoms with Crippen LogP contribution in [0, 0.1) is 5.92 Å². The molecule has 1 saturated heterocycles. The Labute approximate surface area is 111 Å². The minimum absolute atomic E-state index is 0.650. The Morgan fingerprint density at radius 2 is 1.76 bits per heavy atom. The van der Waals surface area contributed by atoms with Crippen LogP contribution >= 0.6 is 12.2 Å². The molecule has 2 fully saturated rings. The minimum Gasteiger partial charge on any atom is -0.360 e. The van der Waals surface area contributed by atoms with Crippen LogP contribution in [0.4, 0.5) is 0 Å². The summed E-state index contributed by atoms with van der Waals surface area (Å²) in [6, 6.07) is 0.650. The summed E-state index contributed by atoms with van der Waals surface area (Å²) in [6.45, 7) is 4.67. The van der Waals surface area contributed by atoms with Gasteiger partial charge in [-0.2, -0.15) is 0 Å². The van der Waals surface area contributed by atoms with E-state index in [1.807, 2.05) is 0 Å². The summed E-state index contributed by atoms with van der Waals surface area (Å²) in [5.41, 5.74) is 0. The summed E-state index contributed by atoms with van der Waals surface area (Å²) < 4.78 is 0. The quantitative estimate of drug-likeness (QED) is 0.723. The van der Waals surface area contributed by atoms with Crippen LogP contribution in [0.1, 0.15) is 58.3 Å². The lowest BCUT2D eigenvalue weighted by atomic mass is 9.96. The Bertz CT molecular complexity index is 249. The van der Waals surface area contributed by atoms with Crippen LogP contribution < -0.4 is 5.32 Å². The zero-order valence-corrected chi connectivity index (χ0v) is 11.9. The molecule has 1 saturated carbocycles. The predicted molar refractivity (Wildman–Crippen MR) is 77.2 cm³/mol. The fraction of sp³-hybridized carbons (Fsp3) is 0.929. The van der Waals surface area contributed by atoms with Gasteiger partial charge in [0.15, 0.2) is 5.11 Å². The number of likely N-dealkylation sites (tertiary alicyclic amines) is 1. The molecule has 17 heavy (non-hydrogen) atoms. The van der Waals surface area contributed by atoms with E-state index in [0.717, 1.165) is 24.1 Å². The first kappa shape index (κ1) is 13.1. The second-order valence-corrected chi connectivity index (χ2v) is 6.19. The minimum atomic E-state index is 0.650. The van der Waals surface area contributed by atoms with Gasteiger partial charge in [0.1, 0.15) is 0 Å². The highest BCUT2D eigenvalue weighted by Gasteiger charge is 2.19. The molecule has 1 N–H and O–H groups in total. The highest BCUT2D eigenvalue weighted by molar-refractivity contribution is 7.80. The van der Waals surface area contributed by atoms with E-state index in [-0.39, 0.29) is 0 Å². The molecule has 2 rings (SSSR count). The lowest BCUT2D eigenvalue weighted by Crippen LogP contribution is -2.45. The zero-order chi connectivity index (χ0) is 12.1. The lowest BCUT2D eigenvalue weighted by molar-refractivity contribution is 0.374. The highest BCUT2D eigenvalue weighted by atomic mass is 32.1. The lowest BCUT2D eigenvalue weighted by Gasteiger charge is -2.30. The van der Waals surface area contributed by atoms with Crippen LogP contribution in [0.3, 0.4) is 0 Å². The second-order valence-electron chi connectivity index (χ2n) is 5.81. The summed E-state index contributed by atoms with van der Waals surface area (Å²) in [4.78, 5) is 2.40. The van der Waals surface area contributed by atoms with E-state index in [1.54, 1.807) is 0 Å². The van der Waals surface area contributed by atoms with Crippen molar-refractivity contribution in [2.75, 3.05) is 13.1 Å². The fourth-order valence-corrected chi connectivity index (χ4v) is 3.33. The molecular formula is C14H26N2S. The normalized spacial score (nSPS) is 27.6. The molecule has 0 amide bonds. The van der Waals surface area contributed by atoms with Crippen molar-refractivity contribution in [1.29, 1.82) is 0 Å². The smallest absolute Gasteiger partial charge is 0.169 e. The number of nitrogens with one attached hydrogen (secondary N) is 1. The van der Waals surface area contributed by atoms with Crippen molar-refractivity contribution in [2.45, 2.75) is 64.3 Å². The Hall–Kier alpha value is -0.310. The summed E-state index contributed by atoms with van der Waals surface area (Å²) in [6.07, 6.45) is 10.7. The van der Waals surface area contributed by atoms with E-state index >= 15 is 0 Å². The molecule has 0 aromatic rings. The van der Waals surface area contributed by atoms with Crippen molar-refractivity contribution >= 4 is 17.3 Å². The van der Waals surface area contributed by atoms with Crippen molar-refractivity contribution in [2.24, 2.45) is 5.92 Å². The molecule has 0 bridgehead atoms. The number of rotatable bonds is 1. The largest absolute Gasteiger partial charge is 0.360 e. The van der Waals surface area contributed by atoms with Gasteiger partial charge in [-0.05, 0) is 50.2 Å². The Morgan fingerprint density at radius 3 is 2.53 bits per heavy atom. The second kappa shape index (κ2) is 6.58. The fourth-order valence-electron chi connectivity index (χ4n) is 2.98. The van der Waals surface area contributed by atoms with Crippen LogP contribution in [0.25, 0.3) is 0 Å². The van der Waals surface area contributed by atoms with Crippen LogP contribution in [-0.2, 0) is 0 Å². The summed E-state index contributed by atoms with van der Waals surface area (Å²) in [7, 11) is 0. The van der Waals surface area contributed by atoms with E-state index in [9.17, 15) is 0 Å². The first-order valence-corrected chi connectivity index (χ1v) is 7.72. The maximum Gasteiger partial charge on any atom is 0.169 e. The van der Waals surface area contributed by atoms with Crippen LogP contribution in [0.15, 0.2) is 0 Å². The zero-order valence-electron chi connectivity index (χ0n) is 11.1. The number of thiocarbonyl (C=S) groups is 1. The molecule has 0 aromatic carbocycles. The van der Waals surface area contributed by atoms with Gasteiger partial charge in [0.25, 0.3) is 0 Å². The molecule has 1 unspecified atom stereocenters. The number of hydrogen-bond donors (Lipinski definition) is 1. The van der Waals surface area contributed by atoms with E-state index in [2.05, 4.69) is 17.1 Å². The van der Waals surface area contributed by atoms with Crippen molar-refractivity contribution in [3.63, 3.8) is 0 Å². The van der Waals surface area contributed by atoms with E-state index < -0.39 is 0 Å². The topological polar surface area (TPSA) is 15.3 Å². The van der Waals surface area contributed by atoms with Crippen molar-refractivity contribution in [3.8, 4) is 0 Å². The molecule has 2 aliphatic rings. The SMILES string of the molecule is CC1CCCN(C(=S)NC2CCCCC2)CC1. The highest BCUT2D eigenvalue weighted by Crippen LogP contribution is 2.19. The van der Waals surface area contributed by atoms with Gasteiger partial charge in [-0.15, -0.1) is 0 Å². The molecule has 1 aliphatic carbocycles. The van der Waals surface area contributed by atoms with E-state index in [0.29, 0.717) is 6.04 Å². The molecule has 2 nitrogen and oxygen atoms in total. The van der Waals surface area contributed by atoms with Crippen LogP contribution in [0.5, 0.6) is 0 Å². The summed E-state index contributed by atoms with van der Waals surface area (Å²) in [5.74, 6) is 0.873. The van der Waals surface area contributed by atoms with Gasteiger partial charge in [-0.3, -0.25) is 0 Å². The third-order valence-corrected chi connectivity index (χ3v) is 4.61. The Kier molecular flexibility index (Phi) is 5.08. The van der Waals surface area contributed by atoms with Crippen LogP contribution in [0.2, 0.25) is 0 Å². The average molecular weight is 254 g/mol. The summed E-state index contributed by atoms with van der Waals surface area (Å²) in [5, 5.41) is 4.61. The monoisotopic (exact) mass is 254 g/mol. The Morgan fingerprint density at radius 1 is 1.00 bits per heavy atom. The number of hydrogen-bond acceptors (Lipinski definition) is 1. The first-order valence-electron chi connectivity index (χ1n) is 7.31. The van der Waals surface area contributed by atoms with Crippen LogP contribution in [-0.4, -0.2) is 29.1 Å². The predicted octanol–water partition coefficient (Wildman–Crippen LogP) is 3.32. The third kappa shape index (κ3) is 4.13. The maximum atomic E-state index is 5.57. The molecule has 98 valence electrons.